The van der Waals surface area contributed by atoms with Gasteiger partial charge in [-0.05, 0) is 31.9 Å². The third-order valence-electron chi connectivity index (χ3n) is 4.79. The van der Waals surface area contributed by atoms with Gasteiger partial charge in [0.05, 0.1) is 11.0 Å². The zero-order chi connectivity index (χ0) is 16.9. The Labute approximate surface area is 147 Å². The summed E-state index contributed by atoms with van der Waals surface area (Å²) in [5.74, 6) is 0.187. The molecule has 5 nitrogen and oxygen atoms in total. The number of aryl methyl sites for hydroxylation is 1. The van der Waals surface area contributed by atoms with Crippen molar-refractivity contribution in [3.8, 4) is 0 Å². The van der Waals surface area contributed by atoms with Crippen LogP contribution in [0.5, 0.6) is 0 Å². The molecule has 2 aliphatic heterocycles. The van der Waals surface area contributed by atoms with Crippen molar-refractivity contribution in [1.82, 2.24) is 9.80 Å². The Morgan fingerprint density at radius 1 is 1.21 bits per heavy atom. The van der Waals surface area contributed by atoms with Gasteiger partial charge in [-0.3, -0.25) is 14.5 Å². The largest absolute Gasteiger partial charge is 0.377 e. The number of piperazine rings is 1. The van der Waals surface area contributed by atoms with Crippen LogP contribution in [0.4, 0.5) is 0 Å². The number of hydrogen-bond donors (Lipinski definition) is 0. The van der Waals surface area contributed by atoms with Gasteiger partial charge in [0.2, 0.25) is 5.91 Å². The molecule has 1 atom stereocenters. The first-order valence-electron chi connectivity index (χ1n) is 8.83. The molecule has 0 saturated carbocycles. The SMILES string of the molecule is Cc1ccc(C(=O)CCC(=O)N2CCN(C[C@H]3CCCO3)CC2)s1. The Morgan fingerprint density at radius 3 is 2.62 bits per heavy atom. The lowest BCUT2D eigenvalue weighted by atomic mass is 10.1. The van der Waals surface area contributed by atoms with Crippen LogP contribution in [0.2, 0.25) is 0 Å². The second-order valence-electron chi connectivity index (χ2n) is 6.65. The van der Waals surface area contributed by atoms with Crippen LogP contribution in [0.3, 0.4) is 0 Å². The summed E-state index contributed by atoms with van der Waals surface area (Å²) in [6, 6.07) is 3.81. The van der Waals surface area contributed by atoms with Crippen molar-refractivity contribution in [3.63, 3.8) is 0 Å². The highest BCUT2D eigenvalue weighted by Crippen LogP contribution is 2.18. The molecule has 2 aliphatic rings. The van der Waals surface area contributed by atoms with Crippen molar-refractivity contribution < 1.29 is 14.3 Å². The molecule has 0 aromatic carbocycles. The molecule has 24 heavy (non-hydrogen) atoms. The topological polar surface area (TPSA) is 49.9 Å². The van der Waals surface area contributed by atoms with Crippen LogP contribution in [-0.4, -0.2) is 66.9 Å². The highest BCUT2D eigenvalue weighted by atomic mass is 32.1. The maximum Gasteiger partial charge on any atom is 0.223 e. The average molecular weight is 350 g/mol. The number of nitrogens with zero attached hydrogens (tertiary/aromatic N) is 2. The second-order valence-corrected chi connectivity index (χ2v) is 7.94. The number of hydrogen-bond acceptors (Lipinski definition) is 5. The molecule has 0 bridgehead atoms. The predicted molar refractivity (Wildman–Crippen MR) is 94.6 cm³/mol. The minimum absolute atomic E-state index is 0.0819. The number of rotatable bonds is 6. The van der Waals surface area contributed by atoms with Crippen LogP contribution < -0.4 is 0 Å². The summed E-state index contributed by atoms with van der Waals surface area (Å²) < 4.78 is 5.68. The van der Waals surface area contributed by atoms with E-state index in [0.29, 0.717) is 18.9 Å². The molecule has 2 saturated heterocycles. The standard InChI is InChI=1S/C18H26N2O3S/c1-14-4-6-17(24-14)16(21)5-7-18(22)20-10-8-19(9-11-20)13-15-3-2-12-23-15/h4,6,15H,2-3,5,7-13H2,1H3/t15-/m1/s1. The van der Waals surface area contributed by atoms with Gasteiger partial charge in [-0.1, -0.05) is 0 Å². The second kappa shape index (κ2) is 8.23. The number of ketones is 1. The van der Waals surface area contributed by atoms with E-state index in [-0.39, 0.29) is 11.7 Å². The minimum atomic E-state index is 0.0819. The number of carbonyl (C=O) groups excluding carboxylic acids is 2. The van der Waals surface area contributed by atoms with Gasteiger partial charge in [0.1, 0.15) is 0 Å². The van der Waals surface area contributed by atoms with Crippen LogP contribution in [-0.2, 0) is 9.53 Å². The monoisotopic (exact) mass is 350 g/mol. The fraction of sp³-hybridized carbons (Fsp3) is 0.667. The summed E-state index contributed by atoms with van der Waals surface area (Å²) in [6.07, 6.45) is 3.33. The van der Waals surface area contributed by atoms with Gasteiger partial charge in [0.15, 0.2) is 5.78 Å². The first-order chi connectivity index (χ1) is 11.6. The van der Waals surface area contributed by atoms with Crippen molar-refractivity contribution >= 4 is 23.0 Å². The highest BCUT2D eigenvalue weighted by molar-refractivity contribution is 7.14. The van der Waals surface area contributed by atoms with Gasteiger partial charge in [0.25, 0.3) is 0 Å². The lowest BCUT2D eigenvalue weighted by Gasteiger charge is -2.35. The quantitative estimate of drug-likeness (QED) is 0.739. The van der Waals surface area contributed by atoms with Crippen LogP contribution in [0, 0.1) is 6.92 Å². The van der Waals surface area contributed by atoms with E-state index in [1.807, 2.05) is 24.0 Å². The van der Waals surface area contributed by atoms with E-state index in [0.717, 1.165) is 55.5 Å². The Hall–Kier alpha value is -1.24. The van der Waals surface area contributed by atoms with E-state index in [1.165, 1.54) is 17.8 Å². The highest BCUT2D eigenvalue weighted by Gasteiger charge is 2.25. The van der Waals surface area contributed by atoms with Gasteiger partial charge in [-0.15, -0.1) is 11.3 Å². The predicted octanol–water partition coefficient (Wildman–Crippen LogP) is 2.34. The minimum Gasteiger partial charge on any atom is -0.377 e. The molecule has 0 aliphatic carbocycles. The summed E-state index contributed by atoms with van der Waals surface area (Å²) in [5, 5.41) is 0. The zero-order valence-corrected chi connectivity index (χ0v) is 15.1. The third kappa shape index (κ3) is 4.65. The van der Waals surface area contributed by atoms with Gasteiger partial charge in [-0.2, -0.15) is 0 Å². The first-order valence-corrected chi connectivity index (χ1v) is 9.65. The number of carbonyl (C=O) groups is 2. The molecule has 0 N–H and O–H groups in total. The van der Waals surface area contributed by atoms with Crippen molar-refractivity contribution in [2.24, 2.45) is 0 Å². The molecule has 1 amide bonds. The molecule has 0 radical (unpaired) electrons. The van der Waals surface area contributed by atoms with Crippen LogP contribution in [0.15, 0.2) is 12.1 Å². The van der Waals surface area contributed by atoms with Gasteiger partial charge < -0.3 is 9.64 Å². The average Bonchev–Trinajstić information content (AvgIpc) is 3.24. The van der Waals surface area contributed by atoms with E-state index >= 15 is 0 Å². The van der Waals surface area contributed by atoms with Gasteiger partial charge in [0, 0.05) is 57.0 Å². The normalized spacial score (nSPS) is 22.0. The van der Waals surface area contributed by atoms with E-state index in [2.05, 4.69) is 4.90 Å². The summed E-state index contributed by atoms with van der Waals surface area (Å²) in [7, 11) is 0. The van der Waals surface area contributed by atoms with Crippen molar-refractivity contribution in [3.05, 3.63) is 21.9 Å². The molecule has 1 aromatic heterocycles. The smallest absolute Gasteiger partial charge is 0.223 e. The Morgan fingerprint density at radius 2 is 2.00 bits per heavy atom. The Kier molecular flexibility index (Phi) is 6.03. The van der Waals surface area contributed by atoms with E-state index < -0.39 is 0 Å². The van der Waals surface area contributed by atoms with E-state index in [9.17, 15) is 9.59 Å². The molecule has 0 spiro atoms. The third-order valence-corrected chi connectivity index (χ3v) is 5.83. The van der Waals surface area contributed by atoms with Crippen molar-refractivity contribution in [2.75, 3.05) is 39.3 Å². The molecule has 2 fully saturated rings. The van der Waals surface area contributed by atoms with Crippen LogP contribution >= 0.6 is 11.3 Å². The fourth-order valence-corrected chi connectivity index (χ4v) is 4.18. The Balaban J connectivity index is 1.38. The maximum atomic E-state index is 12.3. The number of Topliss-reactive ketones (excluding diaryl/α,β-unsaturated/α-hetero) is 1. The van der Waals surface area contributed by atoms with E-state index in [4.69, 9.17) is 4.74 Å². The zero-order valence-electron chi connectivity index (χ0n) is 14.3. The number of amides is 1. The molecule has 3 heterocycles. The summed E-state index contributed by atoms with van der Waals surface area (Å²) >= 11 is 1.51. The summed E-state index contributed by atoms with van der Waals surface area (Å²) in [6.45, 7) is 7.20. The van der Waals surface area contributed by atoms with Crippen LogP contribution in [0.1, 0.15) is 40.2 Å². The lowest BCUT2D eigenvalue weighted by Crippen LogP contribution is -2.50. The Bertz CT molecular complexity index is 573. The lowest BCUT2D eigenvalue weighted by molar-refractivity contribution is -0.133. The molecule has 3 rings (SSSR count). The number of ether oxygens (including phenoxy) is 1. The first kappa shape index (κ1) is 17.6. The molecule has 132 valence electrons. The molecule has 6 heteroatoms. The molecule has 1 aromatic rings. The van der Waals surface area contributed by atoms with Crippen LogP contribution in [0.25, 0.3) is 0 Å². The van der Waals surface area contributed by atoms with Gasteiger partial charge in [-0.25, -0.2) is 0 Å². The van der Waals surface area contributed by atoms with Gasteiger partial charge >= 0.3 is 0 Å². The summed E-state index contributed by atoms with van der Waals surface area (Å²) in [5.41, 5.74) is 0. The van der Waals surface area contributed by atoms with Crippen molar-refractivity contribution in [1.29, 1.82) is 0 Å². The maximum absolute atomic E-state index is 12.3. The summed E-state index contributed by atoms with van der Waals surface area (Å²) in [4.78, 5) is 30.6. The molecule has 0 unspecified atom stereocenters. The number of thiophene rings is 1. The molecular weight excluding hydrogens is 324 g/mol. The van der Waals surface area contributed by atoms with E-state index in [1.54, 1.807) is 0 Å². The fourth-order valence-electron chi connectivity index (χ4n) is 3.34. The van der Waals surface area contributed by atoms with Crippen molar-refractivity contribution in [2.45, 2.75) is 38.7 Å². The molecular formula is C18H26N2O3S.